The summed E-state index contributed by atoms with van der Waals surface area (Å²) >= 11 is 3.83. The van der Waals surface area contributed by atoms with E-state index in [2.05, 4.69) is 22.6 Å². The summed E-state index contributed by atoms with van der Waals surface area (Å²) in [4.78, 5) is 0. The standard InChI is InChI=1S/C10H9IO2S/c1-2-13-10-7(12)5-8-6(9(10)11)3-4-14-8/h3-5,12H,2H2,1H3. The molecule has 0 fully saturated rings. The predicted molar refractivity (Wildman–Crippen MR) is 67.4 cm³/mol. The van der Waals surface area contributed by atoms with Crippen LogP contribution in [0.5, 0.6) is 11.5 Å². The van der Waals surface area contributed by atoms with Crippen molar-refractivity contribution in [1.82, 2.24) is 0 Å². The van der Waals surface area contributed by atoms with Crippen molar-refractivity contribution in [3.63, 3.8) is 0 Å². The predicted octanol–water partition coefficient (Wildman–Crippen LogP) is 3.61. The van der Waals surface area contributed by atoms with Crippen molar-refractivity contribution >= 4 is 44.0 Å². The van der Waals surface area contributed by atoms with Gasteiger partial charge in [-0.2, -0.15) is 0 Å². The fourth-order valence-electron chi connectivity index (χ4n) is 1.32. The number of hydrogen-bond donors (Lipinski definition) is 1. The number of thiophene rings is 1. The lowest BCUT2D eigenvalue weighted by Crippen LogP contribution is -1.94. The molecule has 1 heterocycles. The Morgan fingerprint density at radius 3 is 3.07 bits per heavy atom. The van der Waals surface area contributed by atoms with Gasteiger partial charge in [0, 0.05) is 16.2 Å². The molecule has 0 saturated heterocycles. The quantitative estimate of drug-likeness (QED) is 0.857. The average Bonchev–Trinajstić information content (AvgIpc) is 2.60. The maximum Gasteiger partial charge on any atom is 0.174 e. The Morgan fingerprint density at radius 2 is 2.36 bits per heavy atom. The summed E-state index contributed by atoms with van der Waals surface area (Å²) < 4.78 is 7.47. The fraction of sp³-hybridized carbons (Fsp3) is 0.200. The van der Waals surface area contributed by atoms with Gasteiger partial charge in [0.1, 0.15) is 0 Å². The lowest BCUT2D eigenvalue weighted by atomic mass is 10.2. The zero-order valence-electron chi connectivity index (χ0n) is 7.58. The summed E-state index contributed by atoms with van der Waals surface area (Å²) in [6.07, 6.45) is 0. The van der Waals surface area contributed by atoms with Gasteiger partial charge < -0.3 is 9.84 Å². The minimum atomic E-state index is 0.228. The van der Waals surface area contributed by atoms with E-state index in [0.29, 0.717) is 12.4 Å². The summed E-state index contributed by atoms with van der Waals surface area (Å²) in [5.41, 5.74) is 0. The zero-order chi connectivity index (χ0) is 10.1. The molecule has 1 N–H and O–H groups in total. The highest BCUT2D eigenvalue weighted by Crippen LogP contribution is 2.39. The molecule has 4 heteroatoms. The SMILES string of the molecule is CCOc1c(O)cc2sccc2c1I. The highest BCUT2D eigenvalue weighted by molar-refractivity contribution is 14.1. The third kappa shape index (κ3) is 1.56. The van der Waals surface area contributed by atoms with E-state index in [1.165, 1.54) is 0 Å². The molecule has 0 radical (unpaired) electrons. The van der Waals surface area contributed by atoms with Crippen molar-refractivity contribution in [3.05, 3.63) is 21.1 Å². The Kier molecular flexibility index (Phi) is 2.83. The van der Waals surface area contributed by atoms with Crippen molar-refractivity contribution in [2.45, 2.75) is 6.92 Å². The number of ether oxygens (including phenoxy) is 1. The first-order valence-electron chi connectivity index (χ1n) is 4.25. The molecule has 0 aliphatic carbocycles. The second-order valence-corrected chi connectivity index (χ2v) is 4.83. The Labute approximate surface area is 99.7 Å². The molecule has 0 amide bonds. The number of rotatable bonds is 2. The lowest BCUT2D eigenvalue weighted by Gasteiger charge is -2.08. The first-order chi connectivity index (χ1) is 6.74. The van der Waals surface area contributed by atoms with Gasteiger partial charge in [0.25, 0.3) is 0 Å². The van der Waals surface area contributed by atoms with E-state index in [9.17, 15) is 5.11 Å². The van der Waals surface area contributed by atoms with Crippen LogP contribution in [0.2, 0.25) is 0 Å². The molecular weight excluding hydrogens is 311 g/mol. The summed E-state index contributed by atoms with van der Waals surface area (Å²) in [5.74, 6) is 0.824. The number of phenolic OH excluding ortho intramolecular Hbond substituents is 1. The van der Waals surface area contributed by atoms with Gasteiger partial charge in [0.15, 0.2) is 11.5 Å². The Morgan fingerprint density at radius 1 is 1.57 bits per heavy atom. The number of aromatic hydroxyl groups is 1. The third-order valence-corrected chi connectivity index (χ3v) is 3.85. The number of hydrogen-bond acceptors (Lipinski definition) is 3. The molecule has 0 aliphatic rings. The second-order valence-electron chi connectivity index (χ2n) is 2.80. The molecule has 0 aliphatic heterocycles. The molecule has 1 aromatic carbocycles. The van der Waals surface area contributed by atoms with Crippen LogP contribution in [0.25, 0.3) is 10.1 Å². The van der Waals surface area contributed by atoms with E-state index in [4.69, 9.17) is 4.74 Å². The zero-order valence-corrected chi connectivity index (χ0v) is 10.6. The van der Waals surface area contributed by atoms with Crippen molar-refractivity contribution < 1.29 is 9.84 Å². The van der Waals surface area contributed by atoms with E-state index in [-0.39, 0.29) is 5.75 Å². The van der Waals surface area contributed by atoms with Crippen LogP contribution in [0.4, 0.5) is 0 Å². The molecule has 0 saturated carbocycles. The lowest BCUT2D eigenvalue weighted by molar-refractivity contribution is 0.316. The summed E-state index contributed by atoms with van der Waals surface area (Å²) in [7, 11) is 0. The molecule has 74 valence electrons. The molecule has 0 atom stereocenters. The Hall–Kier alpha value is -0.490. The van der Waals surface area contributed by atoms with E-state index in [0.717, 1.165) is 13.7 Å². The number of halogens is 1. The number of phenols is 1. The smallest absolute Gasteiger partial charge is 0.174 e. The van der Waals surface area contributed by atoms with Crippen LogP contribution in [-0.2, 0) is 0 Å². The minimum Gasteiger partial charge on any atom is -0.504 e. The van der Waals surface area contributed by atoms with Crippen LogP contribution in [0.15, 0.2) is 17.5 Å². The highest BCUT2D eigenvalue weighted by Gasteiger charge is 2.12. The molecule has 2 aromatic rings. The van der Waals surface area contributed by atoms with Crippen LogP contribution in [0, 0.1) is 3.57 Å². The molecule has 2 nitrogen and oxygen atoms in total. The maximum absolute atomic E-state index is 9.72. The van der Waals surface area contributed by atoms with Gasteiger partial charge in [0.05, 0.1) is 10.2 Å². The molecule has 14 heavy (non-hydrogen) atoms. The minimum absolute atomic E-state index is 0.228. The van der Waals surface area contributed by atoms with Crippen LogP contribution in [0.3, 0.4) is 0 Å². The van der Waals surface area contributed by atoms with Crippen molar-refractivity contribution in [1.29, 1.82) is 0 Å². The van der Waals surface area contributed by atoms with Gasteiger partial charge in [-0.25, -0.2) is 0 Å². The van der Waals surface area contributed by atoms with Gasteiger partial charge in [-0.05, 0) is 41.0 Å². The Balaban J connectivity index is 2.69. The van der Waals surface area contributed by atoms with Gasteiger partial charge in [0.2, 0.25) is 0 Å². The fourth-order valence-corrected chi connectivity index (χ4v) is 3.23. The largest absolute Gasteiger partial charge is 0.504 e. The van der Waals surface area contributed by atoms with E-state index >= 15 is 0 Å². The van der Waals surface area contributed by atoms with Gasteiger partial charge >= 0.3 is 0 Å². The average molecular weight is 320 g/mol. The third-order valence-electron chi connectivity index (χ3n) is 1.92. The van der Waals surface area contributed by atoms with Crippen LogP contribution < -0.4 is 4.74 Å². The normalized spacial score (nSPS) is 10.7. The first kappa shape index (κ1) is 10.0. The summed E-state index contributed by atoms with van der Waals surface area (Å²) in [6, 6.07) is 3.80. The maximum atomic E-state index is 9.72. The van der Waals surface area contributed by atoms with Gasteiger partial charge in [-0.15, -0.1) is 11.3 Å². The second kappa shape index (κ2) is 3.94. The highest BCUT2D eigenvalue weighted by atomic mass is 127. The first-order valence-corrected chi connectivity index (χ1v) is 6.21. The van der Waals surface area contributed by atoms with Crippen molar-refractivity contribution in [2.75, 3.05) is 6.61 Å². The molecule has 0 spiro atoms. The molecular formula is C10H9IO2S. The van der Waals surface area contributed by atoms with Gasteiger partial charge in [-0.1, -0.05) is 0 Å². The van der Waals surface area contributed by atoms with Crippen LogP contribution in [-0.4, -0.2) is 11.7 Å². The number of fused-ring (bicyclic) bond motifs is 1. The Bertz CT molecular complexity index is 464. The van der Waals surface area contributed by atoms with Crippen LogP contribution in [0.1, 0.15) is 6.92 Å². The van der Waals surface area contributed by atoms with Gasteiger partial charge in [-0.3, -0.25) is 0 Å². The topological polar surface area (TPSA) is 29.5 Å². The molecule has 0 bridgehead atoms. The van der Waals surface area contributed by atoms with E-state index in [1.807, 2.05) is 18.4 Å². The summed E-state index contributed by atoms with van der Waals surface area (Å²) in [5, 5.41) is 12.9. The van der Waals surface area contributed by atoms with Crippen LogP contribution >= 0.6 is 33.9 Å². The number of benzene rings is 1. The summed E-state index contributed by atoms with van der Waals surface area (Å²) in [6.45, 7) is 2.48. The van der Waals surface area contributed by atoms with E-state index < -0.39 is 0 Å². The molecule has 2 rings (SSSR count). The van der Waals surface area contributed by atoms with E-state index in [1.54, 1.807) is 17.4 Å². The van der Waals surface area contributed by atoms with Crippen molar-refractivity contribution in [2.24, 2.45) is 0 Å². The van der Waals surface area contributed by atoms with Crippen molar-refractivity contribution in [3.8, 4) is 11.5 Å². The monoisotopic (exact) mass is 320 g/mol. The molecule has 0 unspecified atom stereocenters. The molecule has 1 aromatic heterocycles.